The van der Waals surface area contributed by atoms with Crippen LogP contribution in [0.5, 0.6) is 0 Å². The molecule has 0 aliphatic rings. The smallest absolute Gasteiger partial charge is 0.311 e. The minimum absolute atomic E-state index is 0.114. The topological polar surface area (TPSA) is 102 Å². The van der Waals surface area contributed by atoms with Crippen LogP contribution in [0.25, 0.3) is 11.0 Å². The van der Waals surface area contributed by atoms with Crippen LogP contribution in [-0.4, -0.2) is 26.6 Å². The Morgan fingerprint density at radius 3 is 2.71 bits per heavy atom. The van der Waals surface area contributed by atoms with E-state index in [1.54, 1.807) is 12.1 Å². The molecule has 11 heteroatoms. The number of nitrogens with zero attached hydrogens (tertiary/aromatic N) is 4. The molecule has 1 heterocycles. The number of carbonyl (C=O) groups excluding carboxylic acids is 1. The van der Waals surface area contributed by atoms with Gasteiger partial charge in [-0.25, -0.2) is 10.4 Å². The Morgan fingerprint density at radius 2 is 2.00 bits per heavy atom. The average molecular weight is 391 g/mol. The molecule has 0 fully saturated rings. The molecule has 0 spiro atoms. The summed E-state index contributed by atoms with van der Waals surface area (Å²) < 4.78 is 40.4. The van der Waals surface area contributed by atoms with Gasteiger partial charge in [-0.05, 0) is 12.1 Å². The molecule has 0 bridgehead atoms. The van der Waals surface area contributed by atoms with Gasteiger partial charge in [0.25, 0.3) is 11.6 Å². The molecule has 1 N–H and O–H groups in total. The van der Waals surface area contributed by atoms with Crippen LogP contribution in [0.1, 0.15) is 11.4 Å². The van der Waals surface area contributed by atoms with Gasteiger partial charge in [-0.1, -0.05) is 24.3 Å². The number of alkyl halides is 3. The third kappa shape index (κ3) is 4.14. The van der Waals surface area contributed by atoms with Crippen LogP contribution in [-0.2, 0) is 17.5 Å². The molecule has 0 aliphatic heterocycles. The van der Waals surface area contributed by atoms with Crippen LogP contribution in [0.3, 0.4) is 0 Å². The molecule has 3 rings (SSSR count). The van der Waals surface area contributed by atoms with E-state index in [4.69, 9.17) is 0 Å². The number of hydrazone groups is 1. The number of fused-ring (bicyclic) bond motifs is 1. The van der Waals surface area contributed by atoms with E-state index in [1.807, 2.05) is 0 Å². The Labute approximate surface area is 155 Å². The fraction of sp³-hybridized carbons (Fsp3) is 0.118. The van der Waals surface area contributed by atoms with Gasteiger partial charge in [0.05, 0.1) is 22.2 Å². The number of rotatable bonds is 5. The number of non-ortho nitro benzene ring substituents is 1. The van der Waals surface area contributed by atoms with Crippen molar-refractivity contribution in [3.8, 4) is 0 Å². The number of nitro groups is 1. The first-order chi connectivity index (χ1) is 13.3. The Morgan fingerprint density at radius 1 is 1.25 bits per heavy atom. The molecular weight excluding hydrogens is 379 g/mol. The van der Waals surface area contributed by atoms with Crippen LogP contribution in [0.15, 0.2) is 53.6 Å². The van der Waals surface area contributed by atoms with Crippen LogP contribution in [0.4, 0.5) is 18.9 Å². The number of benzene rings is 2. The molecule has 0 radical (unpaired) electrons. The number of nitro benzene ring substituents is 1. The molecule has 0 saturated carbocycles. The van der Waals surface area contributed by atoms with Crippen LogP contribution in [0, 0.1) is 10.1 Å². The van der Waals surface area contributed by atoms with E-state index in [1.165, 1.54) is 36.4 Å². The normalized spacial score (nSPS) is 11.8. The zero-order chi connectivity index (χ0) is 20.3. The number of carbonyl (C=O) groups is 1. The van der Waals surface area contributed by atoms with Gasteiger partial charge in [-0.2, -0.15) is 18.3 Å². The Bertz CT molecular complexity index is 1080. The molecular formula is C17H12F3N5O3. The molecule has 1 amide bonds. The zero-order valence-electron chi connectivity index (χ0n) is 14.1. The fourth-order valence-corrected chi connectivity index (χ4v) is 2.53. The third-order valence-corrected chi connectivity index (χ3v) is 3.69. The third-order valence-electron chi connectivity index (χ3n) is 3.69. The van der Waals surface area contributed by atoms with Crippen molar-refractivity contribution in [3.05, 3.63) is 70.0 Å². The van der Waals surface area contributed by atoms with Crippen LogP contribution in [0.2, 0.25) is 0 Å². The standard InChI is InChI=1S/C17H12F3N5O3/c18-17(19,20)16-22-13-6-1-2-7-14(13)24(16)10-15(26)23-21-9-11-4-3-5-12(8-11)25(27)28/h1-9H,10H2,(H,23,26)/b21-9+. The van der Waals surface area contributed by atoms with Crippen LogP contribution < -0.4 is 5.43 Å². The summed E-state index contributed by atoms with van der Waals surface area (Å²) in [6, 6.07) is 11.4. The summed E-state index contributed by atoms with van der Waals surface area (Å²) in [7, 11) is 0. The summed E-state index contributed by atoms with van der Waals surface area (Å²) in [5, 5.41) is 14.4. The summed E-state index contributed by atoms with van der Waals surface area (Å²) in [6.07, 6.45) is -3.58. The second-order valence-corrected chi connectivity index (χ2v) is 5.65. The lowest BCUT2D eigenvalue weighted by molar-refractivity contribution is -0.384. The summed E-state index contributed by atoms with van der Waals surface area (Å²) >= 11 is 0. The number of hydrogen-bond acceptors (Lipinski definition) is 5. The van der Waals surface area contributed by atoms with Crippen LogP contribution >= 0.6 is 0 Å². The first-order valence-electron chi connectivity index (χ1n) is 7.84. The van der Waals surface area contributed by atoms with E-state index >= 15 is 0 Å². The van der Waals surface area contributed by atoms with Gasteiger partial charge in [-0.3, -0.25) is 14.9 Å². The van der Waals surface area contributed by atoms with E-state index in [-0.39, 0.29) is 16.7 Å². The SMILES string of the molecule is O=C(Cn1c(C(F)(F)F)nc2ccccc21)N/N=C/c1cccc([N+](=O)[O-])c1. The van der Waals surface area contributed by atoms with Gasteiger partial charge in [0, 0.05) is 17.7 Å². The van der Waals surface area contributed by atoms with E-state index in [0.717, 1.165) is 10.8 Å². The number of imidazole rings is 1. The lowest BCUT2D eigenvalue weighted by Gasteiger charge is -2.10. The van der Waals surface area contributed by atoms with Gasteiger partial charge < -0.3 is 4.57 Å². The first-order valence-corrected chi connectivity index (χ1v) is 7.84. The second-order valence-electron chi connectivity index (χ2n) is 5.65. The maximum Gasteiger partial charge on any atom is 0.449 e. The van der Waals surface area contributed by atoms with Crippen molar-refractivity contribution in [1.29, 1.82) is 0 Å². The van der Waals surface area contributed by atoms with Gasteiger partial charge in [-0.15, -0.1) is 0 Å². The monoisotopic (exact) mass is 391 g/mol. The lowest BCUT2D eigenvalue weighted by atomic mass is 10.2. The Hall–Kier alpha value is -3.76. The molecule has 144 valence electrons. The summed E-state index contributed by atoms with van der Waals surface area (Å²) in [4.78, 5) is 25.7. The van der Waals surface area contributed by atoms with Gasteiger partial charge in [0.2, 0.25) is 5.82 Å². The highest BCUT2D eigenvalue weighted by atomic mass is 19.4. The van der Waals surface area contributed by atoms with Gasteiger partial charge in [0.15, 0.2) is 0 Å². The molecule has 28 heavy (non-hydrogen) atoms. The fourth-order valence-electron chi connectivity index (χ4n) is 2.53. The highest BCUT2D eigenvalue weighted by Crippen LogP contribution is 2.31. The van der Waals surface area contributed by atoms with Crippen molar-refractivity contribution in [2.45, 2.75) is 12.7 Å². The summed E-state index contributed by atoms with van der Waals surface area (Å²) in [5.41, 5.74) is 2.57. The Balaban J connectivity index is 1.77. The molecule has 1 aromatic heterocycles. The largest absolute Gasteiger partial charge is 0.449 e. The Kier molecular flexibility index (Phi) is 5.07. The predicted molar refractivity (Wildman–Crippen MR) is 93.6 cm³/mol. The quantitative estimate of drug-likeness (QED) is 0.410. The summed E-state index contributed by atoms with van der Waals surface area (Å²) in [6.45, 7) is -0.651. The number of para-hydroxylation sites is 2. The average Bonchev–Trinajstić information content (AvgIpc) is 3.01. The lowest BCUT2D eigenvalue weighted by Crippen LogP contribution is -2.26. The molecule has 0 atom stereocenters. The van der Waals surface area contributed by atoms with Gasteiger partial charge >= 0.3 is 6.18 Å². The number of aromatic nitrogens is 2. The number of amides is 1. The molecule has 2 aromatic carbocycles. The summed E-state index contributed by atoms with van der Waals surface area (Å²) in [5.74, 6) is -2.00. The molecule has 8 nitrogen and oxygen atoms in total. The second kappa shape index (κ2) is 7.47. The van der Waals surface area contributed by atoms with Crippen molar-refractivity contribution in [3.63, 3.8) is 0 Å². The molecule has 3 aromatic rings. The number of halogens is 3. The molecule has 0 aliphatic carbocycles. The first kappa shape index (κ1) is 19.0. The van der Waals surface area contributed by atoms with E-state index in [2.05, 4.69) is 15.5 Å². The van der Waals surface area contributed by atoms with Crippen molar-refractivity contribution < 1.29 is 22.9 Å². The predicted octanol–water partition coefficient (Wildman–Crippen LogP) is 3.11. The number of nitrogens with one attached hydrogen (secondary N) is 1. The van der Waals surface area contributed by atoms with E-state index < -0.39 is 29.4 Å². The minimum atomic E-state index is -4.73. The minimum Gasteiger partial charge on any atom is -0.311 e. The highest BCUT2D eigenvalue weighted by Gasteiger charge is 2.37. The van der Waals surface area contributed by atoms with Crippen molar-refractivity contribution in [2.75, 3.05) is 0 Å². The molecule has 0 saturated heterocycles. The maximum absolute atomic E-state index is 13.2. The highest BCUT2D eigenvalue weighted by molar-refractivity contribution is 5.84. The zero-order valence-corrected chi connectivity index (χ0v) is 14.1. The van der Waals surface area contributed by atoms with Crippen molar-refractivity contribution >= 4 is 28.8 Å². The number of hydrogen-bond donors (Lipinski definition) is 1. The van der Waals surface area contributed by atoms with Crippen molar-refractivity contribution in [2.24, 2.45) is 5.10 Å². The molecule has 0 unspecified atom stereocenters. The van der Waals surface area contributed by atoms with Crippen molar-refractivity contribution in [1.82, 2.24) is 15.0 Å². The maximum atomic E-state index is 13.2. The van der Waals surface area contributed by atoms with Gasteiger partial charge in [0.1, 0.15) is 6.54 Å². The van der Waals surface area contributed by atoms with E-state index in [9.17, 15) is 28.1 Å². The van der Waals surface area contributed by atoms with E-state index in [0.29, 0.717) is 5.56 Å².